The van der Waals surface area contributed by atoms with E-state index in [4.69, 9.17) is 34.8 Å². The van der Waals surface area contributed by atoms with Gasteiger partial charge >= 0.3 is 0 Å². The molecule has 0 aliphatic heterocycles. The van der Waals surface area contributed by atoms with Crippen molar-refractivity contribution in [3.05, 3.63) is 87.2 Å². The van der Waals surface area contributed by atoms with Gasteiger partial charge in [0.15, 0.2) is 0 Å². The van der Waals surface area contributed by atoms with Gasteiger partial charge in [0.25, 0.3) is 5.91 Å². The molecule has 4 aromatic rings. The lowest BCUT2D eigenvalue weighted by Crippen LogP contribution is -2.12. The van der Waals surface area contributed by atoms with E-state index >= 15 is 0 Å². The zero-order valence-corrected chi connectivity index (χ0v) is 17.1. The number of aromatic nitrogens is 4. The van der Waals surface area contributed by atoms with E-state index in [2.05, 4.69) is 20.6 Å². The summed E-state index contributed by atoms with van der Waals surface area (Å²) < 4.78 is 1.72. The number of rotatable bonds is 5. The zero-order chi connectivity index (χ0) is 20.4. The van der Waals surface area contributed by atoms with Gasteiger partial charge in [0.05, 0.1) is 33.5 Å². The maximum atomic E-state index is 12.6. The van der Waals surface area contributed by atoms with E-state index in [1.54, 1.807) is 41.3 Å². The molecule has 6 nitrogen and oxygen atoms in total. The molecule has 0 bridgehead atoms. The summed E-state index contributed by atoms with van der Waals surface area (Å²) in [4.78, 5) is 12.6. The van der Waals surface area contributed by atoms with Crippen LogP contribution in [-0.2, 0) is 6.54 Å². The van der Waals surface area contributed by atoms with Gasteiger partial charge in [-0.2, -0.15) is 10.2 Å². The van der Waals surface area contributed by atoms with Gasteiger partial charge in [0.2, 0.25) is 0 Å². The Labute approximate surface area is 181 Å². The van der Waals surface area contributed by atoms with Crippen LogP contribution in [0.4, 0.5) is 5.69 Å². The summed E-state index contributed by atoms with van der Waals surface area (Å²) >= 11 is 17.9. The van der Waals surface area contributed by atoms with Gasteiger partial charge in [-0.3, -0.25) is 14.6 Å². The molecule has 0 aliphatic rings. The molecule has 146 valence electrons. The first-order valence-electron chi connectivity index (χ1n) is 8.57. The maximum absolute atomic E-state index is 12.6. The number of H-pyrrole nitrogens is 1. The summed E-state index contributed by atoms with van der Waals surface area (Å²) in [5.41, 5.74) is 3.32. The molecular weight excluding hydrogens is 433 g/mol. The number of benzene rings is 2. The SMILES string of the molecule is O=C(Nc1cccc(Cn2cc(Cl)cn2)c1)c1cc(-c2ccc(Cl)c(Cl)c2)n[nH]1. The second-order valence-electron chi connectivity index (χ2n) is 6.31. The normalized spacial score (nSPS) is 10.9. The van der Waals surface area contributed by atoms with Crippen LogP contribution < -0.4 is 5.32 Å². The van der Waals surface area contributed by atoms with Crippen molar-refractivity contribution in [2.24, 2.45) is 0 Å². The number of nitrogens with zero attached hydrogens (tertiary/aromatic N) is 3. The van der Waals surface area contributed by atoms with Gasteiger partial charge in [-0.1, -0.05) is 53.0 Å². The van der Waals surface area contributed by atoms with Crippen molar-refractivity contribution in [2.75, 3.05) is 5.32 Å². The summed E-state index contributed by atoms with van der Waals surface area (Å²) in [6.45, 7) is 0.544. The minimum Gasteiger partial charge on any atom is -0.321 e. The third-order valence-electron chi connectivity index (χ3n) is 4.17. The molecule has 2 aromatic heterocycles. The molecule has 2 N–H and O–H groups in total. The number of amides is 1. The largest absolute Gasteiger partial charge is 0.321 e. The van der Waals surface area contributed by atoms with E-state index in [1.165, 1.54) is 0 Å². The van der Waals surface area contributed by atoms with Crippen molar-refractivity contribution >= 4 is 46.4 Å². The summed E-state index contributed by atoms with van der Waals surface area (Å²) in [5.74, 6) is -0.303. The summed E-state index contributed by atoms with van der Waals surface area (Å²) in [6, 6.07) is 14.3. The van der Waals surface area contributed by atoms with Crippen molar-refractivity contribution in [3.63, 3.8) is 0 Å². The Morgan fingerprint density at radius 2 is 1.93 bits per heavy atom. The van der Waals surface area contributed by atoms with Crippen LogP contribution in [-0.4, -0.2) is 25.9 Å². The van der Waals surface area contributed by atoms with E-state index in [9.17, 15) is 4.79 Å². The minimum atomic E-state index is -0.303. The lowest BCUT2D eigenvalue weighted by molar-refractivity contribution is 0.102. The van der Waals surface area contributed by atoms with Gasteiger partial charge in [-0.25, -0.2) is 0 Å². The van der Waals surface area contributed by atoms with Crippen LogP contribution in [0.15, 0.2) is 60.9 Å². The van der Waals surface area contributed by atoms with E-state index in [-0.39, 0.29) is 5.91 Å². The molecule has 9 heteroatoms. The number of aromatic amines is 1. The number of anilines is 1. The van der Waals surface area contributed by atoms with Crippen LogP contribution in [0.25, 0.3) is 11.3 Å². The Morgan fingerprint density at radius 3 is 2.69 bits per heavy atom. The Hall–Kier alpha value is -2.80. The fraction of sp³-hybridized carbons (Fsp3) is 0.0500. The van der Waals surface area contributed by atoms with Crippen molar-refractivity contribution in [3.8, 4) is 11.3 Å². The molecule has 0 saturated carbocycles. The van der Waals surface area contributed by atoms with Crippen LogP contribution in [0.3, 0.4) is 0 Å². The summed E-state index contributed by atoms with van der Waals surface area (Å²) in [5, 5.41) is 15.4. The predicted octanol–water partition coefficient (Wildman–Crippen LogP) is 5.53. The highest BCUT2D eigenvalue weighted by Crippen LogP contribution is 2.28. The topological polar surface area (TPSA) is 75.6 Å². The van der Waals surface area contributed by atoms with Crippen LogP contribution in [0, 0.1) is 0 Å². The monoisotopic (exact) mass is 445 g/mol. The maximum Gasteiger partial charge on any atom is 0.273 e. The highest BCUT2D eigenvalue weighted by atomic mass is 35.5. The van der Waals surface area contributed by atoms with Crippen LogP contribution >= 0.6 is 34.8 Å². The number of hydrogen-bond acceptors (Lipinski definition) is 3. The van der Waals surface area contributed by atoms with Crippen LogP contribution in [0.5, 0.6) is 0 Å². The minimum absolute atomic E-state index is 0.303. The van der Waals surface area contributed by atoms with Crippen LogP contribution in [0.2, 0.25) is 15.1 Å². The average Bonchev–Trinajstić information content (AvgIpc) is 3.34. The van der Waals surface area contributed by atoms with E-state index < -0.39 is 0 Å². The second-order valence-corrected chi connectivity index (χ2v) is 7.56. The second kappa shape index (κ2) is 8.29. The Kier molecular flexibility index (Phi) is 5.58. The first-order chi connectivity index (χ1) is 14.0. The highest BCUT2D eigenvalue weighted by molar-refractivity contribution is 6.42. The molecule has 1 amide bonds. The molecule has 29 heavy (non-hydrogen) atoms. The van der Waals surface area contributed by atoms with Crippen LogP contribution in [0.1, 0.15) is 16.1 Å². The van der Waals surface area contributed by atoms with E-state index in [0.29, 0.717) is 38.7 Å². The smallest absolute Gasteiger partial charge is 0.273 e. The molecular formula is C20H14Cl3N5O. The molecule has 0 fully saturated rings. The first-order valence-corrected chi connectivity index (χ1v) is 9.70. The van der Waals surface area contributed by atoms with Gasteiger partial charge < -0.3 is 5.32 Å². The zero-order valence-electron chi connectivity index (χ0n) is 14.9. The standard InChI is InChI=1S/C20H14Cl3N5O/c21-14-9-24-28(11-14)10-12-2-1-3-15(6-12)25-20(29)19-8-18(26-27-19)13-4-5-16(22)17(23)7-13/h1-9,11H,10H2,(H,25,29)(H,26,27). The Morgan fingerprint density at radius 1 is 1.07 bits per heavy atom. The average molecular weight is 447 g/mol. The number of carbonyl (C=O) groups is 1. The third-order valence-corrected chi connectivity index (χ3v) is 5.10. The van der Waals surface area contributed by atoms with Gasteiger partial charge in [0, 0.05) is 17.4 Å². The number of halogens is 3. The quantitative estimate of drug-likeness (QED) is 0.423. The molecule has 0 aliphatic carbocycles. The number of nitrogens with one attached hydrogen (secondary N) is 2. The molecule has 2 aromatic carbocycles. The lowest BCUT2D eigenvalue weighted by Gasteiger charge is -2.07. The molecule has 4 rings (SSSR count). The fourth-order valence-electron chi connectivity index (χ4n) is 2.80. The van der Waals surface area contributed by atoms with E-state index in [0.717, 1.165) is 11.1 Å². The molecule has 0 unspecified atom stereocenters. The first kappa shape index (κ1) is 19.5. The van der Waals surface area contributed by atoms with E-state index in [1.807, 2.05) is 24.3 Å². The summed E-state index contributed by atoms with van der Waals surface area (Å²) in [6.07, 6.45) is 3.32. The van der Waals surface area contributed by atoms with Crippen molar-refractivity contribution < 1.29 is 4.79 Å². The van der Waals surface area contributed by atoms with Crippen molar-refractivity contribution in [1.82, 2.24) is 20.0 Å². The third kappa shape index (κ3) is 4.62. The summed E-state index contributed by atoms with van der Waals surface area (Å²) in [7, 11) is 0. The van der Waals surface area contributed by atoms with Gasteiger partial charge in [0.1, 0.15) is 5.69 Å². The predicted molar refractivity (Wildman–Crippen MR) is 115 cm³/mol. The highest BCUT2D eigenvalue weighted by Gasteiger charge is 2.12. The number of carbonyl (C=O) groups excluding carboxylic acids is 1. The van der Waals surface area contributed by atoms with Crippen molar-refractivity contribution in [2.45, 2.75) is 6.54 Å². The molecule has 0 radical (unpaired) electrons. The molecule has 0 atom stereocenters. The van der Waals surface area contributed by atoms with Crippen molar-refractivity contribution in [1.29, 1.82) is 0 Å². The lowest BCUT2D eigenvalue weighted by atomic mass is 10.1. The number of hydrogen-bond donors (Lipinski definition) is 2. The fourth-order valence-corrected chi connectivity index (χ4v) is 3.25. The Balaban J connectivity index is 1.47. The molecule has 0 spiro atoms. The van der Waals surface area contributed by atoms with Gasteiger partial charge in [-0.15, -0.1) is 0 Å². The Bertz CT molecular complexity index is 1180. The molecule has 2 heterocycles. The molecule has 0 saturated heterocycles. The van der Waals surface area contributed by atoms with Gasteiger partial charge in [-0.05, 0) is 35.9 Å².